The molecule has 39 heavy (non-hydrogen) atoms. The second-order valence-corrected chi connectivity index (χ2v) is 11.9. The molecular weight excluding hydrogens is 650 g/mol. The quantitative estimate of drug-likeness (QED) is 0.0822. The predicted molar refractivity (Wildman–Crippen MR) is 162 cm³/mol. The Labute approximate surface area is 248 Å². The molecule has 1 N–H and O–H groups in total. The summed E-state index contributed by atoms with van der Waals surface area (Å²) in [5.74, 6) is 8.09. The van der Waals surface area contributed by atoms with Gasteiger partial charge in [-0.25, -0.2) is 4.98 Å². The molecule has 1 fully saturated rings. The van der Waals surface area contributed by atoms with Crippen molar-refractivity contribution in [2.75, 3.05) is 32.6 Å². The molecule has 1 aromatic carbocycles. The van der Waals surface area contributed by atoms with Crippen molar-refractivity contribution >= 4 is 40.4 Å². The SMILES string of the molecule is CSNCCC(c1cc(C#Cc2ccc(OCC3COC(C)(C)OC3)cc2)on1)n1ccnc1[C@H](C)OPI. The molecule has 0 bridgehead atoms. The van der Waals surface area contributed by atoms with E-state index >= 15 is 0 Å². The van der Waals surface area contributed by atoms with E-state index in [1.807, 2.05) is 63.6 Å². The van der Waals surface area contributed by atoms with E-state index in [0.29, 0.717) is 32.0 Å². The van der Waals surface area contributed by atoms with Crippen LogP contribution >= 0.6 is 40.4 Å². The normalized spacial score (nSPS) is 17.2. The maximum Gasteiger partial charge on any atom is 0.210 e. The Morgan fingerprint density at radius 1 is 1.26 bits per heavy atom. The zero-order chi connectivity index (χ0) is 27.7. The summed E-state index contributed by atoms with van der Waals surface area (Å²) in [5.41, 5.74) is 1.66. The van der Waals surface area contributed by atoms with Crippen LogP contribution in [0.15, 0.2) is 47.2 Å². The lowest BCUT2D eigenvalue weighted by atomic mass is 10.1. The number of benzene rings is 1. The average Bonchev–Trinajstić information content (AvgIpc) is 3.61. The van der Waals surface area contributed by atoms with Crippen molar-refractivity contribution in [2.24, 2.45) is 5.92 Å². The van der Waals surface area contributed by atoms with E-state index < -0.39 is 5.79 Å². The third kappa shape index (κ3) is 8.92. The van der Waals surface area contributed by atoms with Gasteiger partial charge in [-0.3, -0.25) is 4.72 Å². The Morgan fingerprint density at radius 2 is 2.03 bits per heavy atom. The van der Waals surface area contributed by atoms with Gasteiger partial charge in [-0.1, -0.05) is 23.0 Å². The molecule has 1 aliphatic heterocycles. The molecular formula is C27H34IN4O5PS. The Kier molecular flexibility index (Phi) is 11.5. The molecule has 0 amide bonds. The van der Waals surface area contributed by atoms with E-state index in [0.717, 1.165) is 35.8 Å². The Hall–Kier alpha value is -1.65. The van der Waals surface area contributed by atoms with Crippen molar-refractivity contribution < 1.29 is 23.3 Å². The number of imidazole rings is 1. The van der Waals surface area contributed by atoms with Gasteiger partial charge in [-0.05, 0) is 85.7 Å². The molecule has 1 saturated heterocycles. The zero-order valence-electron chi connectivity index (χ0n) is 22.5. The molecule has 12 heteroatoms. The average molecular weight is 685 g/mol. The van der Waals surface area contributed by atoms with Crippen LogP contribution in [0.2, 0.25) is 0 Å². The molecule has 2 aromatic heterocycles. The summed E-state index contributed by atoms with van der Waals surface area (Å²) >= 11 is 3.82. The summed E-state index contributed by atoms with van der Waals surface area (Å²) in [5, 5.41) is 4.36. The number of aromatic nitrogens is 3. The van der Waals surface area contributed by atoms with Gasteiger partial charge in [0.25, 0.3) is 0 Å². The fraction of sp³-hybridized carbons (Fsp3) is 0.481. The summed E-state index contributed by atoms with van der Waals surface area (Å²) in [6.45, 7) is 8.79. The van der Waals surface area contributed by atoms with Crippen molar-refractivity contribution in [3.8, 4) is 17.6 Å². The van der Waals surface area contributed by atoms with Gasteiger partial charge in [0.1, 0.15) is 23.4 Å². The summed E-state index contributed by atoms with van der Waals surface area (Å²) < 4.78 is 34.2. The Balaban J connectivity index is 1.40. The predicted octanol–water partition coefficient (Wildman–Crippen LogP) is 5.92. The second-order valence-electron chi connectivity index (χ2n) is 9.52. The zero-order valence-corrected chi connectivity index (χ0v) is 26.5. The van der Waals surface area contributed by atoms with Crippen LogP contribution in [0, 0.1) is 17.8 Å². The van der Waals surface area contributed by atoms with Crippen molar-refractivity contribution in [3.05, 3.63) is 65.6 Å². The summed E-state index contributed by atoms with van der Waals surface area (Å²) in [6.07, 6.45) is 6.46. The van der Waals surface area contributed by atoms with Crippen LogP contribution in [0.25, 0.3) is 0 Å². The van der Waals surface area contributed by atoms with Crippen LogP contribution in [0.4, 0.5) is 0 Å². The van der Waals surface area contributed by atoms with Crippen LogP contribution < -0.4 is 9.46 Å². The smallest absolute Gasteiger partial charge is 0.210 e. The standard InChI is InChI=1S/C27H34IN4O5PS/c1-19(37-38-28)26-29-13-14-32(26)25(11-12-30-39-4)24-15-23(36-31-24)10-7-20-5-8-22(9-6-20)33-16-21-17-34-27(2,3)35-18-21/h5-6,8-9,13-15,19,21,25,30,38H,11-12,16-18H2,1-4H3/t19-,25?/m0/s1. The van der Waals surface area contributed by atoms with E-state index in [4.69, 9.17) is 23.3 Å². The number of rotatable bonds is 12. The highest BCUT2D eigenvalue weighted by Gasteiger charge is 2.28. The molecule has 1 aliphatic rings. The first-order valence-electron chi connectivity index (χ1n) is 12.7. The molecule has 0 radical (unpaired) electrons. The summed E-state index contributed by atoms with van der Waals surface area (Å²) in [7, 11) is 0. The van der Waals surface area contributed by atoms with Gasteiger partial charge in [-0.15, -0.1) is 0 Å². The van der Waals surface area contributed by atoms with Gasteiger partial charge in [0.05, 0.1) is 32.3 Å². The highest BCUT2D eigenvalue weighted by molar-refractivity contribution is 14.2. The third-order valence-electron chi connectivity index (χ3n) is 6.16. The van der Waals surface area contributed by atoms with Gasteiger partial charge in [0.15, 0.2) is 5.79 Å². The first-order chi connectivity index (χ1) is 18.9. The summed E-state index contributed by atoms with van der Waals surface area (Å²) in [4.78, 5) is 4.55. The molecule has 0 saturated carbocycles. The number of hydrogen-bond acceptors (Lipinski definition) is 9. The molecule has 4 rings (SSSR count). The molecule has 210 valence electrons. The first kappa shape index (κ1) is 30.3. The lowest BCUT2D eigenvalue weighted by Gasteiger charge is -2.34. The first-order valence-corrected chi connectivity index (χ1v) is 17.9. The van der Waals surface area contributed by atoms with E-state index in [9.17, 15) is 0 Å². The number of hydrogen-bond donors (Lipinski definition) is 1. The topological polar surface area (TPSA) is 92.8 Å². The highest BCUT2D eigenvalue weighted by Crippen LogP contribution is 2.33. The van der Waals surface area contributed by atoms with E-state index in [-0.39, 0.29) is 18.1 Å². The molecule has 3 aromatic rings. The van der Waals surface area contributed by atoms with Gasteiger partial charge in [0, 0.05) is 36.5 Å². The fourth-order valence-electron chi connectivity index (χ4n) is 4.06. The highest BCUT2D eigenvalue weighted by atomic mass is 127. The van der Waals surface area contributed by atoms with Gasteiger partial charge >= 0.3 is 0 Å². The Morgan fingerprint density at radius 3 is 2.74 bits per heavy atom. The van der Waals surface area contributed by atoms with Crippen molar-refractivity contribution in [3.63, 3.8) is 0 Å². The lowest BCUT2D eigenvalue weighted by Crippen LogP contribution is -2.41. The number of nitrogens with one attached hydrogen (secondary N) is 1. The number of nitrogens with zero attached hydrogens (tertiary/aromatic N) is 3. The fourth-order valence-corrected chi connectivity index (χ4v) is 5.77. The lowest BCUT2D eigenvalue weighted by molar-refractivity contribution is -0.264. The molecule has 0 aliphatic carbocycles. The Bertz CT molecular complexity index is 1230. The number of ether oxygens (including phenoxy) is 3. The molecule has 3 heterocycles. The van der Waals surface area contributed by atoms with Crippen LogP contribution in [0.3, 0.4) is 0 Å². The molecule has 3 atom stereocenters. The van der Waals surface area contributed by atoms with E-state index in [2.05, 4.69) is 53.3 Å². The second kappa shape index (κ2) is 14.8. The minimum Gasteiger partial charge on any atom is -0.493 e. The molecule has 9 nitrogen and oxygen atoms in total. The molecule has 0 spiro atoms. The van der Waals surface area contributed by atoms with Crippen molar-refractivity contribution in [1.82, 2.24) is 19.4 Å². The molecule has 2 unspecified atom stereocenters. The third-order valence-corrected chi connectivity index (χ3v) is 7.85. The van der Waals surface area contributed by atoms with E-state index in [1.165, 1.54) is 0 Å². The van der Waals surface area contributed by atoms with Crippen LogP contribution in [0.5, 0.6) is 5.75 Å². The minimum absolute atomic E-state index is 0.0625. The van der Waals surface area contributed by atoms with Crippen molar-refractivity contribution in [1.29, 1.82) is 0 Å². The van der Waals surface area contributed by atoms with Gasteiger partial charge < -0.3 is 27.8 Å². The minimum atomic E-state index is -0.516. The van der Waals surface area contributed by atoms with E-state index in [1.54, 1.807) is 18.1 Å². The van der Waals surface area contributed by atoms with Crippen LogP contribution in [-0.2, 0) is 14.0 Å². The van der Waals surface area contributed by atoms with Gasteiger partial charge in [-0.2, -0.15) is 0 Å². The largest absolute Gasteiger partial charge is 0.493 e. The maximum atomic E-state index is 5.92. The monoisotopic (exact) mass is 684 g/mol. The number of halogens is 1. The summed E-state index contributed by atoms with van der Waals surface area (Å²) in [6, 6.07) is 9.53. The van der Waals surface area contributed by atoms with Crippen LogP contribution in [-0.4, -0.2) is 53.1 Å². The van der Waals surface area contributed by atoms with Crippen molar-refractivity contribution in [2.45, 2.75) is 45.1 Å². The maximum absolute atomic E-state index is 5.92. The van der Waals surface area contributed by atoms with Crippen LogP contribution in [0.1, 0.15) is 62.2 Å². The van der Waals surface area contributed by atoms with Gasteiger partial charge in [0.2, 0.25) is 5.76 Å².